The van der Waals surface area contributed by atoms with Gasteiger partial charge in [-0.2, -0.15) is 4.31 Å². The SMILES string of the molecule is CC[C@H](C)NC(=O)CN1CCN(S(=O)(=O)c2ccc(OC)cc2)CC1. The Labute approximate surface area is 150 Å². The van der Waals surface area contributed by atoms with Gasteiger partial charge in [-0.05, 0) is 37.6 Å². The lowest BCUT2D eigenvalue weighted by Crippen LogP contribution is -2.51. The van der Waals surface area contributed by atoms with E-state index in [1.165, 1.54) is 4.31 Å². The summed E-state index contributed by atoms with van der Waals surface area (Å²) in [5.74, 6) is 0.608. The van der Waals surface area contributed by atoms with Crippen LogP contribution >= 0.6 is 0 Å². The van der Waals surface area contributed by atoms with Crippen LogP contribution in [0.1, 0.15) is 20.3 Å². The number of carbonyl (C=O) groups is 1. The van der Waals surface area contributed by atoms with Crippen LogP contribution in [-0.4, -0.2) is 69.4 Å². The molecule has 2 rings (SSSR count). The van der Waals surface area contributed by atoms with E-state index in [1.807, 2.05) is 18.7 Å². The molecule has 25 heavy (non-hydrogen) atoms. The maximum Gasteiger partial charge on any atom is 0.243 e. The second-order valence-electron chi connectivity index (χ2n) is 6.23. The Morgan fingerprint density at radius 2 is 1.80 bits per heavy atom. The van der Waals surface area contributed by atoms with Crippen LogP contribution in [0.5, 0.6) is 5.75 Å². The molecular formula is C17H27N3O4S. The van der Waals surface area contributed by atoms with Gasteiger partial charge >= 0.3 is 0 Å². The summed E-state index contributed by atoms with van der Waals surface area (Å²) in [6.07, 6.45) is 0.889. The molecule has 7 nitrogen and oxygen atoms in total. The molecule has 140 valence electrons. The van der Waals surface area contributed by atoms with Gasteiger partial charge in [0.05, 0.1) is 18.6 Å². The van der Waals surface area contributed by atoms with Gasteiger partial charge in [-0.1, -0.05) is 6.92 Å². The lowest BCUT2D eigenvalue weighted by atomic mass is 10.2. The van der Waals surface area contributed by atoms with Crippen LogP contribution in [0.4, 0.5) is 0 Å². The van der Waals surface area contributed by atoms with Crippen LogP contribution in [0.25, 0.3) is 0 Å². The molecule has 0 aliphatic carbocycles. The summed E-state index contributed by atoms with van der Waals surface area (Å²) in [6, 6.07) is 6.55. The lowest BCUT2D eigenvalue weighted by Gasteiger charge is -2.33. The van der Waals surface area contributed by atoms with Gasteiger partial charge in [0.25, 0.3) is 0 Å². The summed E-state index contributed by atoms with van der Waals surface area (Å²) < 4.78 is 31.9. The molecule has 1 saturated heterocycles. The van der Waals surface area contributed by atoms with Crippen LogP contribution in [0.15, 0.2) is 29.2 Å². The highest BCUT2D eigenvalue weighted by molar-refractivity contribution is 7.89. The monoisotopic (exact) mass is 369 g/mol. The number of methoxy groups -OCH3 is 1. The molecule has 1 fully saturated rings. The van der Waals surface area contributed by atoms with Gasteiger partial charge in [-0.15, -0.1) is 0 Å². The first-order chi connectivity index (χ1) is 11.9. The van der Waals surface area contributed by atoms with Crippen molar-refractivity contribution < 1.29 is 17.9 Å². The highest BCUT2D eigenvalue weighted by atomic mass is 32.2. The molecule has 0 bridgehead atoms. The quantitative estimate of drug-likeness (QED) is 0.773. The highest BCUT2D eigenvalue weighted by Gasteiger charge is 2.29. The predicted molar refractivity (Wildman–Crippen MR) is 96.1 cm³/mol. The zero-order chi connectivity index (χ0) is 18.4. The largest absolute Gasteiger partial charge is 0.497 e. The maximum absolute atomic E-state index is 12.7. The number of nitrogens with zero attached hydrogens (tertiary/aromatic N) is 2. The average molecular weight is 369 g/mol. The first-order valence-corrected chi connectivity index (χ1v) is 9.96. The summed E-state index contributed by atoms with van der Waals surface area (Å²) in [6.45, 7) is 6.15. The van der Waals surface area contributed by atoms with Crippen LogP contribution in [0.2, 0.25) is 0 Å². The summed E-state index contributed by atoms with van der Waals surface area (Å²) in [7, 11) is -1.97. The number of carbonyl (C=O) groups excluding carboxylic acids is 1. The minimum absolute atomic E-state index is 0.0131. The molecule has 1 N–H and O–H groups in total. The Kier molecular flexibility index (Phi) is 6.80. The van der Waals surface area contributed by atoms with Gasteiger partial charge in [0.2, 0.25) is 15.9 Å². The number of amides is 1. The van der Waals surface area contributed by atoms with Crippen molar-refractivity contribution in [2.45, 2.75) is 31.2 Å². The lowest BCUT2D eigenvalue weighted by molar-refractivity contribution is -0.123. The third kappa shape index (κ3) is 5.17. The fourth-order valence-corrected chi connectivity index (χ4v) is 4.07. The zero-order valence-electron chi connectivity index (χ0n) is 15.1. The Bertz CT molecular complexity index is 668. The van der Waals surface area contributed by atoms with E-state index >= 15 is 0 Å². The third-order valence-electron chi connectivity index (χ3n) is 4.42. The van der Waals surface area contributed by atoms with Gasteiger partial charge in [0.1, 0.15) is 5.75 Å². The van der Waals surface area contributed by atoms with Crippen molar-refractivity contribution in [3.63, 3.8) is 0 Å². The standard InChI is InChI=1S/C17H27N3O4S/c1-4-14(2)18-17(21)13-19-9-11-20(12-10-19)25(22,23)16-7-5-15(24-3)6-8-16/h5-8,14H,4,9-13H2,1-3H3,(H,18,21)/t14-/m0/s1. The van der Waals surface area contributed by atoms with Gasteiger partial charge < -0.3 is 10.1 Å². The first-order valence-electron chi connectivity index (χ1n) is 8.52. The normalized spacial score (nSPS) is 17.9. The molecule has 1 aliphatic rings. The highest BCUT2D eigenvalue weighted by Crippen LogP contribution is 2.20. The molecule has 1 heterocycles. The molecule has 1 amide bonds. The van der Waals surface area contributed by atoms with Crippen molar-refractivity contribution in [3.8, 4) is 5.75 Å². The summed E-state index contributed by atoms with van der Waals surface area (Å²) in [5.41, 5.74) is 0. The molecule has 0 spiro atoms. The van der Waals surface area contributed by atoms with E-state index in [9.17, 15) is 13.2 Å². The summed E-state index contributed by atoms with van der Waals surface area (Å²) in [5, 5.41) is 2.93. The van der Waals surface area contributed by atoms with Gasteiger partial charge in [0, 0.05) is 32.2 Å². The Balaban J connectivity index is 1.91. The minimum atomic E-state index is -3.51. The second-order valence-corrected chi connectivity index (χ2v) is 8.17. The Morgan fingerprint density at radius 3 is 2.32 bits per heavy atom. The molecule has 0 aromatic heterocycles. The molecule has 0 saturated carbocycles. The molecule has 0 radical (unpaired) electrons. The number of rotatable bonds is 7. The van der Waals surface area contributed by atoms with E-state index < -0.39 is 10.0 Å². The molecule has 1 aromatic rings. The fraction of sp³-hybridized carbons (Fsp3) is 0.588. The van der Waals surface area contributed by atoms with Gasteiger partial charge in [-0.25, -0.2) is 8.42 Å². The van der Waals surface area contributed by atoms with Crippen molar-refractivity contribution in [2.24, 2.45) is 0 Å². The fourth-order valence-electron chi connectivity index (χ4n) is 2.65. The molecule has 8 heteroatoms. The smallest absolute Gasteiger partial charge is 0.243 e. The number of benzene rings is 1. The summed E-state index contributed by atoms with van der Waals surface area (Å²) >= 11 is 0. The van der Waals surface area contributed by atoms with Crippen molar-refractivity contribution >= 4 is 15.9 Å². The Hall–Kier alpha value is -1.64. The van der Waals surface area contributed by atoms with Gasteiger partial charge in [-0.3, -0.25) is 9.69 Å². The maximum atomic E-state index is 12.7. The van der Waals surface area contributed by atoms with Crippen LogP contribution in [0, 0.1) is 0 Å². The van der Waals surface area contributed by atoms with E-state index in [0.717, 1.165) is 6.42 Å². The average Bonchev–Trinajstić information content (AvgIpc) is 2.62. The van der Waals surface area contributed by atoms with E-state index in [4.69, 9.17) is 4.74 Å². The number of nitrogens with one attached hydrogen (secondary N) is 1. The van der Waals surface area contributed by atoms with Crippen molar-refractivity contribution in [2.75, 3.05) is 39.8 Å². The number of hydrogen-bond donors (Lipinski definition) is 1. The van der Waals surface area contributed by atoms with E-state index in [0.29, 0.717) is 38.5 Å². The number of sulfonamides is 1. The molecule has 0 unspecified atom stereocenters. The van der Waals surface area contributed by atoms with Crippen molar-refractivity contribution in [3.05, 3.63) is 24.3 Å². The topological polar surface area (TPSA) is 79.0 Å². The zero-order valence-corrected chi connectivity index (χ0v) is 15.9. The number of hydrogen-bond acceptors (Lipinski definition) is 5. The molecule has 1 aromatic carbocycles. The number of piperazine rings is 1. The molecular weight excluding hydrogens is 342 g/mol. The van der Waals surface area contributed by atoms with E-state index in [2.05, 4.69) is 5.32 Å². The second kappa shape index (κ2) is 8.64. The Morgan fingerprint density at radius 1 is 1.20 bits per heavy atom. The van der Waals surface area contributed by atoms with Crippen LogP contribution < -0.4 is 10.1 Å². The van der Waals surface area contributed by atoms with Gasteiger partial charge in [0.15, 0.2) is 0 Å². The van der Waals surface area contributed by atoms with Crippen LogP contribution in [-0.2, 0) is 14.8 Å². The van der Waals surface area contributed by atoms with E-state index in [-0.39, 0.29) is 16.8 Å². The van der Waals surface area contributed by atoms with Crippen LogP contribution in [0.3, 0.4) is 0 Å². The van der Waals surface area contributed by atoms with Crippen molar-refractivity contribution in [1.82, 2.24) is 14.5 Å². The molecule has 1 aliphatic heterocycles. The third-order valence-corrected chi connectivity index (χ3v) is 6.33. The number of ether oxygens (including phenoxy) is 1. The van der Waals surface area contributed by atoms with E-state index in [1.54, 1.807) is 31.4 Å². The predicted octanol–water partition coefficient (Wildman–Crippen LogP) is 0.916. The minimum Gasteiger partial charge on any atom is -0.497 e. The first kappa shape index (κ1) is 19.7. The summed E-state index contributed by atoms with van der Waals surface area (Å²) in [4.78, 5) is 14.2. The van der Waals surface area contributed by atoms with Crippen molar-refractivity contribution in [1.29, 1.82) is 0 Å². The molecule has 1 atom stereocenters.